The Balaban J connectivity index is 0.00000120. The molecule has 1 aromatic heterocycles. The lowest BCUT2D eigenvalue weighted by molar-refractivity contribution is 0.390. The fourth-order valence-corrected chi connectivity index (χ4v) is 2.28. The predicted octanol–water partition coefficient (Wildman–Crippen LogP) is 2.66. The molecule has 0 bridgehead atoms. The van der Waals surface area contributed by atoms with E-state index in [1.165, 1.54) is 12.8 Å². The van der Waals surface area contributed by atoms with Crippen molar-refractivity contribution in [1.82, 2.24) is 10.3 Å². The standard InChI is InChI=1S/C13H17N3O.ClH/c1-2-6-12-11(5-1)16-13(17-12)15-9-10-4-3-7-14-8-10;/h1-2,5-6,10,14H,3-4,7-9H2,(H,15,16);1H. The highest BCUT2D eigenvalue weighted by atomic mass is 35.5. The number of nitrogens with one attached hydrogen (secondary N) is 2. The molecule has 1 saturated heterocycles. The van der Waals surface area contributed by atoms with Gasteiger partial charge in [0.05, 0.1) is 0 Å². The third-order valence-corrected chi connectivity index (χ3v) is 3.23. The van der Waals surface area contributed by atoms with Gasteiger partial charge in [-0.2, -0.15) is 4.98 Å². The Kier molecular flexibility index (Phi) is 4.44. The summed E-state index contributed by atoms with van der Waals surface area (Å²) in [5.74, 6) is 0.679. The molecule has 1 fully saturated rings. The topological polar surface area (TPSA) is 50.1 Å². The lowest BCUT2D eigenvalue weighted by Crippen LogP contribution is -2.33. The number of piperidine rings is 1. The summed E-state index contributed by atoms with van der Waals surface area (Å²) in [6, 6.07) is 8.47. The van der Waals surface area contributed by atoms with Crippen molar-refractivity contribution in [2.45, 2.75) is 12.8 Å². The molecule has 0 aliphatic carbocycles. The van der Waals surface area contributed by atoms with Gasteiger partial charge in [-0.15, -0.1) is 12.4 Å². The number of aromatic nitrogens is 1. The second-order valence-corrected chi connectivity index (χ2v) is 4.58. The molecule has 1 aliphatic heterocycles. The van der Waals surface area contributed by atoms with Crippen molar-refractivity contribution in [1.29, 1.82) is 0 Å². The Morgan fingerprint density at radius 2 is 2.28 bits per heavy atom. The van der Waals surface area contributed by atoms with Gasteiger partial charge in [0.2, 0.25) is 0 Å². The second kappa shape index (κ2) is 6.07. The highest BCUT2D eigenvalue weighted by Gasteiger charge is 2.13. The quantitative estimate of drug-likeness (QED) is 0.898. The molecule has 2 heterocycles. The molecular formula is C13H18ClN3O. The fraction of sp³-hybridized carbons (Fsp3) is 0.462. The highest BCUT2D eigenvalue weighted by molar-refractivity contribution is 5.85. The van der Waals surface area contributed by atoms with Crippen molar-refractivity contribution in [2.75, 3.05) is 25.0 Å². The average Bonchev–Trinajstić information content (AvgIpc) is 2.80. The molecule has 18 heavy (non-hydrogen) atoms. The van der Waals surface area contributed by atoms with Crippen molar-refractivity contribution in [3.63, 3.8) is 0 Å². The molecule has 0 saturated carbocycles. The summed E-state index contributed by atoms with van der Waals surface area (Å²) >= 11 is 0. The highest BCUT2D eigenvalue weighted by Crippen LogP contribution is 2.19. The van der Waals surface area contributed by atoms with E-state index < -0.39 is 0 Å². The number of para-hydroxylation sites is 2. The van der Waals surface area contributed by atoms with Crippen LogP contribution in [-0.4, -0.2) is 24.6 Å². The zero-order chi connectivity index (χ0) is 11.5. The molecule has 1 aromatic carbocycles. The van der Waals surface area contributed by atoms with E-state index >= 15 is 0 Å². The lowest BCUT2D eigenvalue weighted by Gasteiger charge is -2.22. The van der Waals surface area contributed by atoms with Crippen molar-refractivity contribution < 1.29 is 4.42 Å². The molecule has 2 aromatic rings. The SMILES string of the molecule is Cl.c1ccc2oc(NCC3CCCNC3)nc2c1. The van der Waals surface area contributed by atoms with Crippen LogP contribution in [0.3, 0.4) is 0 Å². The maximum absolute atomic E-state index is 5.62. The summed E-state index contributed by atoms with van der Waals surface area (Å²) in [5.41, 5.74) is 1.76. The van der Waals surface area contributed by atoms with Gasteiger partial charge in [-0.25, -0.2) is 0 Å². The molecule has 0 spiro atoms. The van der Waals surface area contributed by atoms with Gasteiger partial charge in [-0.1, -0.05) is 12.1 Å². The fourth-order valence-electron chi connectivity index (χ4n) is 2.28. The summed E-state index contributed by atoms with van der Waals surface area (Å²) in [7, 11) is 0. The van der Waals surface area contributed by atoms with Crippen LogP contribution in [0.4, 0.5) is 6.01 Å². The van der Waals surface area contributed by atoms with Crippen LogP contribution in [0, 0.1) is 5.92 Å². The number of hydrogen-bond acceptors (Lipinski definition) is 4. The Bertz CT molecular complexity index is 461. The number of rotatable bonds is 3. The first kappa shape index (κ1) is 13.2. The summed E-state index contributed by atoms with van der Waals surface area (Å²) in [6.45, 7) is 3.17. The molecule has 5 heteroatoms. The van der Waals surface area contributed by atoms with Gasteiger partial charge in [0.1, 0.15) is 5.52 Å². The van der Waals surface area contributed by atoms with Gasteiger partial charge in [0, 0.05) is 6.54 Å². The molecule has 98 valence electrons. The Morgan fingerprint density at radius 1 is 1.39 bits per heavy atom. The van der Waals surface area contributed by atoms with Gasteiger partial charge >= 0.3 is 0 Å². The average molecular weight is 268 g/mol. The van der Waals surface area contributed by atoms with Crippen LogP contribution in [-0.2, 0) is 0 Å². The summed E-state index contributed by atoms with van der Waals surface area (Å²) < 4.78 is 5.62. The first-order valence-electron chi connectivity index (χ1n) is 6.22. The molecular weight excluding hydrogens is 250 g/mol. The minimum absolute atomic E-state index is 0. The summed E-state index contributed by atoms with van der Waals surface area (Å²) in [6.07, 6.45) is 2.54. The van der Waals surface area contributed by atoms with E-state index in [4.69, 9.17) is 4.42 Å². The van der Waals surface area contributed by atoms with Gasteiger partial charge in [0.25, 0.3) is 6.01 Å². The van der Waals surface area contributed by atoms with E-state index in [2.05, 4.69) is 15.6 Å². The smallest absolute Gasteiger partial charge is 0.295 e. The number of benzene rings is 1. The zero-order valence-corrected chi connectivity index (χ0v) is 11.0. The molecule has 2 N–H and O–H groups in total. The minimum atomic E-state index is 0. The van der Waals surface area contributed by atoms with E-state index in [-0.39, 0.29) is 12.4 Å². The maximum Gasteiger partial charge on any atom is 0.295 e. The van der Waals surface area contributed by atoms with E-state index in [1.54, 1.807) is 0 Å². The van der Waals surface area contributed by atoms with Crippen LogP contribution in [0.25, 0.3) is 11.1 Å². The van der Waals surface area contributed by atoms with Gasteiger partial charge < -0.3 is 15.1 Å². The molecule has 1 unspecified atom stereocenters. The molecule has 0 radical (unpaired) electrons. The van der Waals surface area contributed by atoms with Crippen LogP contribution in [0.2, 0.25) is 0 Å². The number of hydrogen-bond donors (Lipinski definition) is 2. The molecule has 0 amide bonds. The van der Waals surface area contributed by atoms with Crippen LogP contribution < -0.4 is 10.6 Å². The number of oxazole rings is 1. The number of halogens is 1. The van der Waals surface area contributed by atoms with Crippen LogP contribution in [0.1, 0.15) is 12.8 Å². The summed E-state index contributed by atoms with van der Waals surface area (Å²) in [5, 5.41) is 6.69. The Morgan fingerprint density at radius 3 is 3.06 bits per heavy atom. The minimum Gasteiger partial charge on any atom is -0.424 e. The van der Waals surface area contributed by atoms with Gasteiger partial charge in [-0.05, 0) is 44.0 Å². The van der Waals surface area contributed by atoms with Gasteiger partial charge in [0.15, 0.2) is 5.58 Å². The molecule has 1 aliphatic rings. The third-order valence-electron chi connectivity index (χ3n) is 3.23. The molecule has 4 nitrogen and oxygen atoms in total. The molecule has 1 atom stereocenters. The first-order chi connectivity index (χ1) is 8.42. The lowest BCUT2D eigenvalue weighted by atomic mass is 10.00. The van der Waals surface area contributed by atoms with Crippen LogP contribution in [0.5, 0.6) is 0 Å². The normalized spacial score (nSPS) is 19.4. The van der Waals surface area contributed by atoms with E-state index in [0.29, 0.717) is 11.9 Å². The second-order valence-electron chi connectivity index (χ2n) is 4.58. The van der Waals surface area contributed by atoms with Crippen molar-refractivity contribution in [2.24, 2.45) is 5.92 Å². The number of nitrogens with zero attached hydrogens (tertiary/aromatic N) is 1. The monoisotopic (exact) mass is 267 g/mol. The Hall–Kier alpha value is -1.26. The zero-order valence-electron chi connectivity index (χ0n) is 10.2. The number of fused-ring (bicyclic) bond motifs is 1. The van der Waals surface area contributed by atoms with Crippen LogP contribution >= 0.6 is 12.4 Å². The van der Waals surface area contributed by atoms with Crippen LogP contribution in [0.15, 0.2) is 28.7 Å². The third kappa shape index (κ3) is 2.94. The molecule has 3 rings (SSSR count). The summed E-state index contributed by atoms with van der Waals surface area (Å²) in [4.78, 5) is 4.40. The largest absolute Gasteiger partial charge is 0.424 e. The first-order valence-corrected chi connectivity index (χ1v) is 6.22. The Labute approximate surface area is 113 Å². The van der Waals surface area contributed by atoms with E-state index in [9.17, 15) is 0 Å². The van der Waals surface area contributed by atoms with Crippen molar-refractivity contribution in [3.8, 4) is 0 Å². The van der Waals surface area contributed by atoms with E-state index in [0.717, 1.165) is 30.7 Å². The van der Waals surface area contributed by atoms with Gasteiger partial charge in [-0.3, -0.25) is 0 Å². The predicted molar refractivity (Wildman–Crippen MR) is 75.3 cm³/mol. The van der Waals surface area contributed by atoms with Crippen molar-refractivity contribution in [3.05, 3.63) is 24.3 Å². The maximum atomic E-state index is 5.62. The van der Waals surface area contributed by atoms with Crippen molar-refractivity contribution >= 4 is 29.5 Å². The number of anilines is 1. The van der Waals surface area contributed by atoms with E-state index in [1.807, 2.05) is 24.3 Å².